The van der Waals surface area contributed by atoms with Crippen molar-refractivity contribution in [3.05, 3.63) is 35.9 Å². The molecule has 1 atom stereocenters. The standard InChI is InChI=1S/C11H16N2O4S/c1-3-12-18(15,16)13-10(11(14)17-2)9-7-5-4-6-8-9/h4-8,10,12-13H,3H2,1-2H3. The summed E-state index contributed by atoms with van der Waals surface area (Å²) in [5, 5.41) is 0. The van der Waals surface area contributed by atoms with E-state index in [9.17, 15) is 13.2 Å². The van der Waals surface area contributed by atoms with E-state index in [2.05, 4.69) is 14.2 Å². The minimum absolute atomic E-state index is 0.234. The second kappa shape index (κ2) is 6.48. The van der Waals surface area contributed by atoms with Gasteiger partial charge in [0.2, 0.25) is 0 Å². The van der Waals surface area contributed by atoms with Crippen LogP contribution in [0.3, 0.4) is 0 Å². The van der Waals surface area contributed by atoms with Gasteiger partial charge in [-0.05, 0) is 5.56 Å². The highest BCUT2D eigenvalue weighted by molar-refractivity contribution is 7.87. The van der Waals surface area contributed by atoms with E-state index < -0.39 is 22.2 Å². The summed E-state index contributed by atoms with van der Waals surface area (Å²) in [7, 11) is -2.53. The fourth-order valence-corrected chi connectivity index (χ4v) is 2.41. The van der Waals surface area contributed by atoms with Gasteiger partial charge in [0.15, 0.2) is 0 Å². The lowest BCUT2D eigenvalue weighted by atomic mass is 10.1. The summed E-state index contributed by atoms with van der Waals surface area (Å²) in [5.41, 5.74) is 0.519. The highest BCUT2D eigenvalue weighted by Gasteiger charge is 2.26. The SMILES string of the molecule is CCNS(=O)(=O)NC(C(=O)OC)c1ccccc1. The maximum atomic E-state index is 11.6. The molecule has 100 valence electrons. The summed E-state index contributed by atoms with van der Waals surface area (Å²) in [6.45, 7) is 1.88. The van der Waals surface area contributed by atoms with Crippen LogP contribution in [0.5, 0.6) is 0 Å². The van der Waals surface area contributed by atoms with Crippen LogP contribution in [0.25, 0.3) is 0 Å². The quantitative estimate of drug-likeness (QED) is 0.732. The van der Waals surface area contributed by atoms with Crippen LogP contribution in [0.15, 0.2) is 30.3 Å². The first kappa shape index (κ1) is 14.6. The molecule has 1 aromatic rings. The van der Waals surface area contributed by atoms with Crippen molar-refractivity contribution in [3.63, 3.8) is 0 Å². The van der Waals surface area contributed by atoms with E-state index in [0.29, 0.717) is 5.56 Å². The van der Waals surface area contributed by atoms with Crippen LogP contribution >= 0.6 is 0 Å². The lowest BCUT2D eigenvalue weighted by molar-refractivity contribution is -0.142. The van der Waals surface area contributed by atoms with Crippen molar-refractivity contribution in [2.24, 2.45) is 0 Å². The Morgan fingerprint density at radius 1 is 1.33 bits per heavy atom. The van der Waals surface area contributed by atoms with E-state index in [1.807, 2.05) is 0 Å². The maximum Gasteiger partial charge on any atom is 0.328 e. The van der Waals surface area contributed by atoms with Crippen molar-refractivity contribution in [1.29, 1.82) is 0 Å². The van der Waals surface area contributed by atoms with Gasteiger partial charge in [0.25, 0.3) is 10.2 Å². The molecule has 0 aromatic heterocycles. The largest absolute Gasteiger partial charge is 0.468 e. The molecule has 0 aliphatic carbocycles. The molecule has 0 aliphatic rings. The van der Waals surface area contributed by atoms with Crippen molar-refractivity contribution >= 4 is 16.2 Å². The number of methoxy groups -OCH3 is 1. The van der Waals surface area contributed by atoms with E-state index in [-0.39, 0.29) is 6.54 Å². The van der Waals surface area contributed by atoms with Crippen LogP contribution in [-0.2, 0) is 19.7 Å². The second-order valence-corrected chi connectivity index (χ2v) is 5.02. The first-order chi connectivity index (χ1) is 8.50. The Hall–Kier alpha value is -1.44. The molecule has 0 saturated carbocycles. The van der Waals surface area contributed by atoms with Gasteiger partial charge in [-0.15, -0.1) is 0 Å². The van der Waals surface area contributed by atoms with E-state index >= 15 is 0 Å². The van der Waals surface area contributed by atoms with Crippen LogP contribution in [0.1, 0.15) is 18.5 Å². The van der Waals surface area contributed by atoms with E-state index in [0.717, 1.165) is 0 Å². The van der Waals surface area contributed by atoms with Gasteiger partial charge in [-0.3, -0.25) is 0 Å². The smallest absolute Gasteiger partial charge is 0.328 e. The van der Waals surface area contributed by atoms with Gasteiger partial charge >= 0.3 is 5.97 Å². The summed E-state index contributed by atoms with van der Waals surface area (Å²) in [6, 6.07) is 7.45. The molecule has 0 aliphatic heterocycles. The lowest BCUT2D eigenvalue weighted by Gasteiger charge is -2.16. The molecule has 0 radical (unpaired) electrons. The fourth-order valence-electron chi connectivity index (χ4n) is 1.40. The summed E-state index contributed by atoms with van der Waals surface area (Å²) in [6.07, 6.45) is 0. The minimum atomic E-state index is -3.73. The first-order valence-electron chi connectivity index (χ1n) is 5.40. The van der Waals surface area contributed by atoms with Gasteiger partial charge in [0.1, 0.15) is 6.04 Å². The van der Waals surface area contributed by atoms with Crippen molar-refractivity contribution in [3.8, 4) is 0 Å². The zero-order valence-electron chi connectivity index (χ0n) is 10.2. The van der Waals surface area contributed by atoms with Crippen molar-refractivity contribution in [1.82, 2.24) is 9.44 Å². The van der Waals surface area contributed by atoms with Gasteiger partial charge in [0.05, 0.1) is 7.11 Å². The number of esters is 1. The summed E-state index contributed by atoms with van der Waals surface area (Å²) in [5.74, 6) is -0.664. The molecule has 18 heavy (non-hydrogen) atoms. The Morgan fingerprint density at radius 2 is 1.94 bits per heavy atom. The predicted octanol–water partition coefficient (Wildman–Crippen LogP) is 0.345. The van der Waals surface area contributed by atoms with Gasteiger partial charge in [-0.1, -0.05) is 37.3 Å². The molecule has 0 spiro atoms. The van der Waals surface area contributed by atoms with Crippen LogP contribution in [0.2, 0.25) is 0 Å². The Balaban J connectivity index is 2.98. The summed E-state index contributed by atoms with van der Waals surface area (Å²) < 4.78 is 32.3. The minimum Gasteiger partial charge on any atom is -0.468 e. The predicted molar refractivity (Wildman–Crippen MR) is 66.9 cm³/mol. The molecule has 7 heteroatoms. The zero-order chi connectivity index (χ0) is 13.6. The molecule has 0 saturated heterocycles. The molecule has 2 N–H and O–H groups in total. The molecule has 1 rings (SSSR count). The molecule has 6 nitrogen and oxygen atoms in total. The Kier molecular flexibility index (Phi) is 5.26. The monoisotopic (exact) mass is 272 g/mol. The topological polar surface area (TPSA) is 84.5 Å². The maximum absolute atomic E-state index is 11.6. The molecule has 0 bridgehead atoms. The van der Waals surface area contributed by atoms with Gasteiger partial charge < -0.3 is 4.74 Å². The van der Waals surface area contributed by atoms with Crippen LogP contribution in [0.4, 0.5) is 0 Å². The van der Waals surface area contributed by atoms with E-state index in [4.69, 9.17) is 0 Å². The number of rotatable bonds is 6. The summed E-state index contributed by atoms with van der Waals surface area (Å²) >= 11 is 0. The normalized spacial score (nSPS) is 13.0. The highest BCUT2D eigenvalue weighted by atomic mass is 32.2. The third kappa shape index (κ3) is 4.10. The molecule has 0 heterocycles. The number of benzene rings is 1. The molecule has 0 fully saturated rings. The number of hydrogen-bond donors (Lipinski definition) is 2. The highest BCUT2D eigenvalue weighted by Crippen LogP contribution is 2.14. The third-order valence-electron chi connectivity index (χ3n) is 2.18. The van der Waals surface area contributed by atoms with E-state index in [1.54, 1.807) is 37.3 Å². The van der Waals surface area contributed by atoms with Crippen LogP contribution < -0.4 is 9.44 Å². The summed E-state index contributed by atoms with van der Waals surface area (Å²) in [4.78, 5) is 11.6. The number of ether oxygens (including phenoxy) is 1. The Labute approximate surface area is 107 Å². The van der Waals surface area contributed by atoms with Crippen LogP contribution in [-0.4, -0.2) is 28.0 Å². The molecule has 1 unspecified atom stereocenters. The van der Waals surface area contributed by atoms with Crippen molar-refractivity contribution in [2.45, 2.75) is 13.0 Å². The van der Waals surface area contributed by atoms with Crippen molar-refractivity contribution < 1.29 is 17.9 Å². The van der Waals surface area contributed by atoms with Gasteiger partial charge in [0, 0.05) is 6.54 Å². The van der Waals surface area contributed by atoms with Gasteiger partial charge in [-0.25, -0.2) is 9.52 Å². The van der Waals surface area contributed by atoms with Gasteiger partial charge in [-0.2, -0.15) is 13.1 Å². The Morgan fingerprint density at radius 3 is 2.44 bits per heavy atom. The number of nitrogens with one attached hydrogen (secondary N) is 2. The first-order valence-corrected chi connectivity index (χ1v) is 6.88. The zero-order valence-corrected chi connectivity index (χ0v) is 11.0. The lowest BCUT2D eigenvalue weighted by Crippen LogP contribution is -2.41. The molecule has 0 amide bonds. The average molecular weight is 272 g/mol. The number of hydrogen-bond acceptors (Lipinski definition) is 4. The fraction of sp³-hybridized carbons (Fsp3) is 0.364. The van der Waals surface area contributed by atoms with Crippen molar-refractivity contribution in [2.75, 3.05) is 13.7 Å². The van der Waals surface area contributed by atoms with E-state index in [1.165, 1.54) is 7.11 Å². The molecule has 1 aromatic carbocycles. The molecular formula is C11H16N2O4S. The molecular weight excluding hydrogens is 256 g/mol. The Bertz CT molecular complexity index is 487. The van der Waals surface area contributed by atoms with Crippen LogP contribution in [0, 0.1) is 0 Å². The second-order valence-electron chi connectivity index (χ2n) is 3.49. The average Bonchev–Trinajstić information content (AvgIpc) is 2.36. The number of carbonyl (C=O) groups excluding carboxylic acids is 1. The number of carbonyl (C=O) groups is 1. The third-order valence-corrected chi connectivity index (χ3v) is 3.39.